The van der Waals surface area contributed by atoms with Crippen molar-refractivity contribution in [2.24, 2.45) is 11.8 Å². The molecule has 0 aromatic carbocycles. The molecule has 0 unspecified atom stereocenters. The van der Waals surface area contributed by atoms with Crippen LogP contribution in [0.3, 0.4) is 0 Å². The third-order valence-corrected chi connectivity index (χ3v) is 4.44. The number of rotatable bonds is 3. The van der Waals surface area contributed by atoms with E-state index in [9.17, 15) is 9.90 Å². The second kappa shape index (κ2) is 5.76. The first-order valence-corrected chi connectivity index (χ1v) is 7.39. The molecular formula is C16H20N2O3. The van der Waals surface area contributed by atoms with Crippen molar-refractivity contribution in [2.75, 3.05) is 7.11 Å². The van der Waals surface area contributed by atoms with Crippen LogP contribution in [0.25, 0.3) is 11.0 Å². The lowest BCUT2D eigenvalue weighted by atomic mass is 9.82. The summed E-state index contributed by atoms with van der Waals surface area (Å²) in [5.74, 6) is 0.744. The van der Waals surface area contributed by atoms with Gasteiger partial charge in [0.2, 0.25) is 0 Å². The third kappa shape index (κ3) is 2.86. The predicted octanol–water partition coefficient (Wildman–Crippen LogP) is 2.72. The van der Waals surface area contributed by atoms with Crippen LogP contribution in [0.15, 0.2) is 24.5 Å². The Morgan fingerprint density at radius 1 is 1.43 bits per heavy atom. The Balaban J connectivity index is 1.67. The lowest BCUT2D eigenvalue weighted by Crippen LogP contribution is -2.24. The average Bonchev–Trinajstić information content (AvgIpc) is 2.89. The lowest BCUT2D eigenvalue weighted by molar-refractivity contribution is -0.146. The summed E-state index contributed by atoms with van der Waals surface area (Å²) in [6, 6.07) is 3.72. The zero-order valence-electron chi connectivity index (χ0n) is 12.2. The Morgan fingerprint density at radius 2 is 2.19 bits per heavy atom. The van der Waals surface area contributed by atoms with E-state index < -0.39 is 0 Å². The molecule has 0 spiro atoms. The monoisotopic (exact) mass is 288 g/mol. The number of esters is 1. The minimum absolute atomic E-state index is 0.0679. The van der Waals surface area contributed by atoms with Crippen LogP contribution >= 0.6 is 0 Å². The van der Waals surface area contributed by atoms with Gasteiger partial charge in [0.05, 0.1) is 30.3 Å². The number of carbonyl (C=O) groups is 1. The van der Waals surface area contributed by atoms with Gasteiger partial charge in [-0.15, -0.1) is 0 Å². The average molecular weight is 288 g/mol. The fraction of sp³-hybridized carbons (Fsp3) is 0.500. The van der Waals surface area contributed by atoms with Gasteiger partial charge in [-0.2, -0.15) is 0 Å². The predicted molar refractivity (Wildman–Crippen MR) is 78.9 cm³/mol. The molecule has 0 aliphatic heterocycles. The molecule has 0 radical (unpaired) electrons. The summed E-state index contributed by atoms with van der Waals surface area (Å²) in [5.41, 5.74) is 1.86. The minimum Gasteiger partial charge on any atom is -0.506 e. The fourth-order valence-corrected chi connectivity index (χ4v) is 3.24. The van der Waals surface area contributed by atoms with Crippen LogP contribution in [0.4, 0.5) is 0 Å². The topological polar surface area (TPSA) is 64.4 Å². The molecule has 112 valence electrons. The van der Waals surface area contributed by atoms with E-state index in [2.05, 4.69) is 9.55 Å². The molecular weight excluding hydrogens is 268 g/mol. The van der Waals surface area contributed by atoms with E-state index in [4.69, 9.17) is 4.74 Å². The summed E-state index contributed by atoms with van der Waals surface area (Å²) in [4.78, 5) is 15.7. The number of hydrogen-bond acceptors (Lipinski definition) is 4. The highest BCUT2D eigenvalue weighted by Crippen LogP contribution is 2.31. The highest BCUT2D eigenvalue weighted by atomic mass is 16.5. The zero-order valence-corrected chi connectivity index (χ0v) is 12.2. The maximum Gasteiger partial charge on any atom is 0.308 e. The van der Waals surface area contributed by atoms with Gasteiger partial charge in [-0.25, -0.2) is 0 Å². The molecule has 0 amide bonds. The summed E-state index contributed by atoms with van der Waals surface area (Å²) >= 11 is 0. The molecule has 1 N–H and O–H groups in total. The quantitative estimate of drug-likeness (QED) is 0.882. The number of pyridine rings is 1. The fourth-order valence-electron chi connectivity index (χ4n) is 3.24. The largest absolute Gasteiger partial charge is 0.506 e. The molecule has 21 heavy (non-hydrogen) atoms. The first-order chi connectivity index (χ1) is 10.2. The Kier molecular flexibility index (Phi) is 3.82. The molecule has 0 bridgehead atoms. The Morgan fingerprint density at radius 3 is 2.90 bits per heavy atom. The normalized spacial score (nSPS) is 22.3. The van der Waals surface area contributed by atoms with Crippen molar-refractivity contribution in [1.82, 2.24) is 9.55 Å². The molecule has 1 aliphatic rings. The van der Waals surface area contributed by atoms with Gasteiger partial charge in [0.15, 0.2) is 0 Å². The van der Waals surface area contributed by atoms with Crippen molar-refractivity contribution in [2.45, 2.75) is 32.2 Å². The van der Waals surface area contributed by atoms with Gasteiger partial charge in [0, 0.05) is 18.8 Å². The lowest BCUT2D eigenvalue weighted by Gasteiger charge is -2.27. The Labute approximate surface area is 123 Å². The minimum atomic E-state index is -0.0750. The van der Waals surface area contributed by atoms with E-state index in [0.29, 0.717) is 5.92 Å². The number of fused-ring (bicyclic) bond motifs is 1. The molecule has 3 rings (SSSR count). The molecule has 2 aromatic heterocycles. The highest BCUT2D eigenvalue weighted by Gasteiger charge is 2.27. The van der Waals surface area contributed by atoms with E-state index in [0.717, 1.165) is 43.3 Å². The summed E-state index contributed by atoms with van der Waals surface area (Å²) in [5, 5.41) is 9.57. The van der Waals surface area contributed by atoms with E-state index in [1.807, 2.05) is 12.3 Å². The smallest absolute Gasteiger partial charge is 0.308 e. The van der Waals surface area contributed by atoms with Gasteiger partial charge in [-0.05, 0) is 37.7 Å². The standard InChI is InChI=1S/C16H20N2O3/c1-21-16(20)12-4-2-11(3-5-12)10-18-7-6-14-15(18)8-13(19)9-17-14/h6-9,11-12,19H,2-5,10H2,1H3/t11-,12-. The number of carbonyl (C=O) groups excluding carboxylic acids is 1. The molecule has 1 fully saturated rings. The molecule has 0 atom stereocenters. The second-order valence-electron chi connectivity index (χ2n) is 5.81. The second-order valence-corrected chi connectivity index (χ2v) is 5.81. The molecule has 2 heterocycles. The van der Waals surface area contributed by atoms with Gasteiger partial charge in [0.1, 0.15) is 5.75 Å². The molecule has 5 heteroatoms. The van der Waals surface area contributed by atoms with Crippen molar-refractivity contribution in [3.05, 3.63) is 24.5 Å². The number of ether oxygens (including phenoxy) is 1. The van der Waals surface area contributed by atoms with Crippen molar-refractivity contribution in [3.63, 3.8) is 0 Å². The maximum absolute atomic E-state index is 11.5. The van der Waals surface area contributed by atoms with Crippen LogP contribution < -0.4 is 0 Å². The third-order valence-electron chi connectivity index (χ3n) is 4.44. The van der Waals surface area contributed by atoms with E-state index in [-0.39, 0.29) is 17.6 Å². The highest BCUT2D eigenvalue weighted by molar-refractivity contribution is 5.76. The van der Waals surface area contributed by atoms with Crippen molar-refractivity contribution in [3.8, 4) is 5.75 Å². The summed E-state index contributed by atoms with van der Waals surface area (Å²) < 4.78 is 6.97. The van der Waals surface area contributed by atoms with Gasteiger partial charge in [-0.3, -0.25) is 9.78 Å². The number of aromatic nitrogens is 2. The summed E-state index contributed by atoms with van der Waals surface area (Å²) in [6.07, 6.45) is 7.36. The van der Waals surface area contributed by atoms with Crippen LogP contribution in [0.1, 0.15) is 25.7 Å². The molecule has 1 aliphatic carbocycles. The van der Waals surface area contributed by atoms with E-state index in [1.54, 1.807) is 6.07 Å². The molecule has 2 aromatic rings. The first kappa shape index (κ1) is 13.9. The van der Waals surface area contributed by atoms with Gasteiger partial charge in [0.25, 0.3) is 0 Å². The first-order valence-electron chi connectivity index (χ1n) is 7.39. The molecule has 1 saturated carbocycles. The summed E-state index contributed by atoms with van der Waals surface area (Å²) in [7, 11) is 1.46. The number of nitrogens with zero attached hydrogens (tertiary/aromatic N) is 2. The van der Waals surface area contributed by atoms with Crippen molar-refractivity contribution >= 4 is 17.0 Å². The SMILES string of the molecule is COC(=O)[C@H]1CC[C@H](Cn2ccc3ncc(O)cc32)CC1. The Hall–Kier alpha value is -2.04. The zero-order chi connectivity index (χ0) is 14.8. The molecule has 5 nitrogen and oxygen atoms in total. The maximum atomic E-state index is 11.5. The van der Waals surface area contributed by atoms with E-state index in [1.165, 1.54) is 13.3 Å². The summed E-state index contributed by atoms with van der Waals surface area (Å²) in [6.45, 7) is 0.905. The van der Waals surface area contributed by atoms with Gasteiger partial charge in [-0.1, -0.05) is 0 Å². The van der Waals surface area contributed by atoms with Crippen LogP contribution in [-0.4, -0.2) is 27.7 Å². The van der Waals surface area contributed by atoms with Gasteiger partial charge >= 0.3 is 5.97 Å². The number of aromatic hydroxyl groups is 1. The van der Waals surface area contributed by atoms with Crippen LogP contribution in [0.5, 0.6) is 5.75 Å². The van der Waals surface area contributed by atoms with E-state index >= 15 is 0 Å². The van der Waals surface area contributed by atoms with Crippen LogP contribution in [0.2, 0.25) is 0 Å². The van der Waals surface area contributed by atoms with Crippen LogP contribution in [-0.2, 0) is 16.1 Å². The Bertz CT molecular complexity index is 642. The number of methoxy groups -OCH3 is 1. The van der Waals surface area contributed by atoms with Gasteiger partial charge < -0.3 is 14.4 Å². The van der Waals surface area contributed by atoms with Crippen LogP contribution in [0, 0.1) is 11.8 Å². The number of hydrogen-bond donors (Lipinski definition) is 1. The molecule has 0 saturated heterocycles. The van der Waals surface area contributed by atoms with Crippen molar-refractivity contribution in [1.29, 1.82) is 0 Å². The van der Waals surface area contributed by atoms with Crippen molar-refractivity contribution < 1.29 is 14.6 Å².